The molecule has 2 fully saturated rings. The molecular weight excluding hydrogens is 268 g/mol. The first kappa shape index (κ1) is 14.4. The van der Waals surface area contributed by atoms with Crippen molar-refractivity contribution in [3.63, 3.8) is 0 Å². The fourth-order valence-corrected chi connectivity index (χ4v) is 3.60. The number of hydrogen-bond donors (Lipinski definition) is 1. The SMILES string of the molecule is Cc1cccc(C(=O)O)c1OC1CCOC2(CCCC2)C1. The van der Waals surface area contributed by atoms with Gasteiger partial charge in [-0.25, -0.2) is 4.79 Å². The Morgan fingerprint density at radius 2 is 2.14 bits per heavy atom. The van der Waals surface area contributed by atoms with Crippen LogP contribution in [0.2, 0.25) is 0 Å². The van der Waals surface area contributed by atoms with Crippen LogP contribution in [0.15, 0.2) is 18.2 Å². The Balaban J connectivity index is 1.79. The zero-order chi connectivity index (χ0) is 14.9. The molecule has 0 bridgehead atoms. The van der Waals surface area contributed by atoms with Crippen LogP contribution in [0.4, 0.5) is 0 Å². The largest absolute Gasteiger partial charge is 0.489 e. The number of ether oxygens (including phenoxy) is 2. The number of carboxylic acids is 1. The average Bonchev–Trinajstić information content (AvgIpc) is 2.89. The molecule has 1 unspecified atom stereocenters. The van der Waals surface area contributed by atoms with Gasteiger partial charge in [-0.05, 0) is 31.4 Å². The van der Waals surface area contributed by atoms with Gasteiger partial charge >= 0.3 is 5.97 Å². The van der Waals surface area contributed by atoms with Gasteiger partial charge in [0.25, 0.3) is 0 Å². The molecule has 1 aliphatic heterocycles. The Labute approximate surface area is 125 Å². The molecule has 1 heterocycles. The molecule has 1 N–H and O–H groups in total. The third kappa shape index (κ3) is 2.91. The highest BCUT2D eigenvalue weighted by Gasteiger charge is 2.41. The van der Waals surface area contributed by atoms with Crippen molar-refractivity contribution >= 4 is 5.97 Å². The maximum absolute atomic E-state index is 11.4. The highest BCUT2D eigenvalue weighted by Crippen LogP contribution is 2.41. The van der Waals surface area contributed by atoms with Crippen LogP contribution < -0.4 is 4.74 Å². The number of hydrogen-bond acceptors (Lipinski definition) is 3. The molecule has 1 aromatic rings. The van der Waals surface area contributed by atoms with E-state index in [4.69, 9.17) is 9.47 Å². The molecule has 4 heteroatoms. The van der Waals surface area contributed by atoms with Crippen molar-refractivity contribution in [3.05, 3.63) is 29.3 Å². The van der Waals surface area contributed by atoms with E-state index in [1.54, 1.807) is 12.1 Å². The number of rotatable bonds is 3. The van der Waals surface area contributed by atoms with Crippen LogP contribution >= 0.6 is 0 Å². The van der Waals surface area contributed by atoms with Crippen LogP contribution in [0.1, 0.15) is 54.4 Å². The van der Waals surface area contributed by atoms with Crippen LogP contribution in [0.5, 0.6) is 5.75 Å². The highest BCUT2D eigenvalue weighted by atomic mass is 16.5. The molecule has 0 radical (unpaired) electrons. The van der Waals surface area contributed by atoms with Crippen LogP contribution in [-0.2, 0) is 4.74 Å². The first-order valence-electron chi connectivity index (χ1n) is 7.73. The summed E-state index contributed by atoms with van der Waals surface area (Å²) in [7, 11) is 0. The van der Waals surface area contributed by atoms with E-state index in [0.29, 0.717) is 12.4 Å². The van der Waals surface area contributed by atoms with E-state index < -0.39 is 5.97 Å². The summed E-state index contributed by atoms with van der Waals surface area (Å²) in [5.41, 5.74) is 1.11. The molecule has 1 saturated heterocycles. The predicted octanol–water partition coefficient (Wildman–Crippen LogP) is 3.56. The highest BCUT2D eigenvalue weighted by molar-refractivity contribution is 5.91. The monoisotopic (exact) mass is 290 g/mol. The summed E-state index contributed by atoms with van der Waals surface area (Å²) >= 11 is 0. The standard InChI is InChI=1S/C17H22O4/c1-12-5-4-6-14(16(18)19)15(12)21-13-7-10-20-17(11-13)8-2-3-9-17/h4-6,13H,2-3,7-11H2,1H3,(H,18,19). The minimum Gasteiger partial charge on any atom is -0.489 e. The lowest BCUT2D eigenvalue weighted by Gasteiger charge is -2.38. The third-order valence-corrected chi connectivity index (χ3v) is 4.69. The van der Waals surface area contributed by atoms with Gasteiger partial charge in [-0.1, -0.05) is 25.0 Å². The van der Waals surface area contributed by atoms with Crippen molar-refractivity contribution < 1.29 is 19.4 Å². The number of carbonyl (C=O) groups is 1. The van der Waals surface area contributed by atoms with Crippen molar-refractivity contribution in [3.8, 4) is 5.75 Å². The maximum atomic E-state index is 11.4. The quantitative estimate of drug-likeness (QED) is 0.924. The van der Waals surface area contributed by atoms with E-state index in [1.807, 2.05) is 13.0 Å². The number of aryl methyl sites for hydroxylation is 1. The summed E-state index contributed by atoms with van der Waals surface area (Å²) in [6, 6.07) is 5.26. The van der Waals surface area contributed by atoms with Crippen LogP contribution in [0.25, 0.3) is 0 Å². The zero-order valence-electron chi connectivity index (χ0n) is 12.4. The number of para-hydroxylation sites is 1. The minimum atomic E-state index is -0.934. The molecule has 1 saturated carbocycles. The van der Waals surface area contributed by atoms with Crippen molar-refractivity contribution in [1.29, 1.82) is 0 Å². The normalized spacial score (nSPS) is 24.1. The van der Waals surface area contributed by atoms with Gasteiger partial charge in [-0.3, -0.25) is 0 Å². The lowest BCUT2D eigenvalue weighted by Crippen LogP contribution is -2.42. The Bertz CT molecular complexity index is 532. The Morgan fingerprint density at radius 1 is 1.38 bits per heavy atom. The van der Waals surface area contributed by atoms with E-state index in [9.17, 15) is 9.90 Å². The van der Waals surface area contributed by atoms with Crippen molar-refractivity contribution in [2.45, 2.75) is 57.2 Å². The van der Waals surface area contributed by atoms with Gasteiger partial charge < -0.3 is 14.6 Å². The zero-order valence-corrected chi connectivity index (χ0v) is 12.4. The Kier molecular flexibility index (Phi) is 3.89. The van der Waals surface area contributed by atoms with E-state index in [2.05, 4.69) is 0 Å². The smallest absolute Gasteiger partial charge is 0.339 e. The molecule has 4 nitrogen and oxygen atoms in total. The van der Waals surface area contributed by atoms with Gasteiger partial charge in [0, 0.05) is 12.8 Å². The molecule has 21 heavy (non-hydrogen) atoms. The third-order valence-electron chi connectivity index (χ3n) is 4.69. The predicted molar refractivity (Wildman–Crippen MR) is 78.9 cm³/mol. The van der Waals surface area contributed by atoms with Crippen LogP contribution in [-0.4, -0.2) is 29.4 Å². The topological polar surface area (TPSA) is 55.8 Å². The van der Waals surface area contributed by atoms with E-state index in [0.717, 1.165) is 31.2 Å². The molecular formula is C17H22O4. The summed E-state index contributed by atoms with van der Waals surface area (Å²) < 4.78 is 12.1. The Hall–Kier alpha value is -1.55. The van der Waals surface area contributed by atoms with Crippen molar-refractivity contribution in [2.24, 2.45) is 0 Å². The molecule has 0 amide bonds. The second-order valence-electron chi connectivity index (χ2n) is 6.23. The van der Waals surface area contributed by atoms with Gasteiger partial charge in [0.05, 0.1) is 12.2 Å². The average molecular weight is 290 g/mol. The second kappa shape index (κ2) is 5.68. The first-order valence-corrected chi connectivity index (χ1v) is 7.73. The van der Waals surface area contributed by atoms with Gasteiger partial charge in [0.2, 0.25) is 0 Å². The minimum absolute atomic E-state index is 0.0189. The summed E-state index contributed by atoms with van der Waals surface area (Å²) in [4.78, 5) is 11.4. The fraction of sp³-hybridized carbons (Fsp3) is 0.588. The summed E-state index contributed by atoms with van der Waals surface area (Å²) in [6.07, 6.45) is 6.40. The van der Waals surface area contributed by atoms with E-state index in [-0.39, 0.29) is 17.3 Å². The first-order chi connectivity index (χ1) is 10.1. The summed E-state index contributed by atoms with van der Waals surface area (Å²) in [5.74, 6) is -0.415. The van der Waals surface area contributed by atoms with Crippen LogP contribution in [0, 0.1) is 6.92 Å². The lowest BCUT2D eigenvalue weighted by atomic mass is 9.90. The van der Waals surface area contributed by atoms with Gasteiger partial charge in [-0.2, -0.15) is 0 Å². The number of aromatic carboxylic acids is 1. The van der Waals surface area contributed by atoms with Crippen molar-refractivity contribution in [2.75, 3.05) is 6.61 Å². The van der Waals surface area contributed by atoms with Crippen molar-refractivity contribution in [1.82, 2.24) is 0 Å². The molecule has 1 atom stereocenters. The summed E-state index contributed by atoms with van der Waals surface area (Å²) in [6.45, 7) is 2.60. The molecule has 3 rings (SSSR count). The number of benzene rings is 1. The molecule has 1 spiro atoms. The second-order valence-corrected chi connectivity index (χ2v) is 6.23. The van der Waals surface area contributed by atoms with Gasteiger partial charge in [-0.15, -0.1) is 0 Å². The Morgan fingerprint density at radius 3 is 2.86 bits per heavy atom. The molecule has 1 aromatic carbocycles. The summed E-state index contributed by atoms with van der Waals surface area (Å²) in [5, 5.41) is 9.32. The fourth-order valence-electron chi connectivity index (χ4n) is 3.60. The molecule has 2 aliphatic rings. The van der Waals surface area contributed by atoms with Gasteiger partial charge in [0.1, 0.15) is 17.4 Å². The molecule has 114 valence electrons. The maximum Gasteiger partial charge on any atom is 0.339 e. The molecule has 0 aromatic heterocycles. The van der Waals surface area contributed by atoms with Gasteiger partial charge in [0.15, 0.2) is 0 Å². The van der Waals surface area contributed by atoms with E-state index in [1.165, 1.54) is 12.8 Å². The molecule has 1 aliphatic carbocycles. The lowest BCUT2D eigenvalue weighted by molar-refractivity contribution is -0.108. The van der Waals surface area contributed by atoms with E-state index >= 15 is 0 Å². The van der Waals surface area contributed by atoms with Crippen LogP contribution in [0.3, 0.4) is 0 Å². The number of carboxylic acid groups (broad SMARTS) is 1.